The molecule has 1 aromatic rings. The average molecular weight is 443 g/mol. The smallest absolute Gasteiger partial charge is 0.305 e. The number of allylic oxidation sites excluding steroid dienone is 4. The van der Waals surface area contributed by atoms with Crippen molar-refractivity contribution in [1.82, 2.24) is 0 Å². The van der Waals surface area contributed by atoms with Crippen LogP contribution in [0.2, 0.25) is 0 Å². The minimum absolute atomic E-state index is 0.137. The minimum atomic E-state index is -0.359. The van der Waals surface area contributed by atoms with Gasteiger partial charge in [-0.15, -0.1) is 0 Å². The van der Waals surface area contributed by atoms with Crippen LogP contribution in [0, 0.1) is 0 Å². The Morgan fingerprint density at radius 1 is 0.938 bits per heavy atom. The Balaban J connectivity index is 1.38. The molecule has 178 valence electrons. The van der Waals surface area contributed by atoms with E-state index in [0.717, 1.165) is 31.2 Å². The number of unbranched alkanes of at least 4 members (excludes halogenated alkanes) is 8. The first-order valence-corrected chi connectivity index (χ1v) is 12.6. The summed E-state index contributed by atoms with van der Waals surface area (Å²) < 4.78 is 16.8. The Morgan fingerprint density at radius 3 is 2.38 bits per heavy atom. The van der Waals surface area contributed by atoms with E-state index in [9.17, 15) is 4.79 Å². The van der Waals surface area contributed by atoms with E-state index in [4.69, 9.17) is 14.2 Å². The third-order valence-corrected chi connectivity index (χ3v) is 5.58. The number of hydrogen-bond donors (Lipinski definition) is 0. The summed E-state index contributed by atoms with van der Waals surface area (Å²) in [6.07, 6.45) is 22.1. The van der Waals surface area contributed by atoms with E-state index in [1.54, 1.807) is 0 Å². The van der Waals surface area contributed by atoms with E-state index in [1.807, 2.05) is 30.3 Å². The van der Waals surface area contributed by atoms with Crippen LogP contribution in [0.1, 0.15) is 95.8 Å². The van der Waals surface area contributed by atoms with Crippen LogP contribution in [-0.4, -0.2) is 25.3 Å². The molecule has 1 aromatic carbocycles. The van der Waals surface area contributed by atoms with Crippen molar-refractivity contribution in [2.75, 3.05) is 13.2 Å². The fourth-order valence-corrected chi connectivity index (χ4v) is 3.66. The van der Waals surface area contributed by atoms with Crippen molar-refractivity contribution in [3.8, 4) is 0 Å². The number of hydrogen-bond acceptors (Lipinski definition) is 4. The Labute approximate surface area is 195 Å². The summed E-state index contributed by atoms with van der Waals surface area (Å²) in [5.41, 5.74) is 0.992. The van der Waals surface area contributed by atoms with Crippen LogP contribution < -0.4 is 0 Å². The fourth-order valence-electron chi connectivity index (χ4n) is 3.66. The third kappa shape index (κ3) is 12.2. The zero-order valence-electron chi connectivity index (χ0n) is 19.9. The van der Waals surface area contributed by atoms with E-state index >= 15 is 0 Å². The molecule has 0 aromatic heterocycles. The van der Waals surface area contributed by atoms with Gasteiger partial charge < -0.3 is 14.2 Å². The Morgan fingerprint density at radius 2 is 1.62 bits per heavy atom. The molecule has 2 atom stereocenters. The van der Waals surface area contributed by atoms with Crippen LogP contribution in [-0.2, 0) is 19.0 Å². The zero-order valence-corrected chi connectivity index (χ0v) is 19.9. The topological polar surface area (TPSA) is 44.8 Å². The molecule has 0 N–H and O–H groups in total. The van der Waals surface area contributed by atoms with Crippen LogP contribution in [0.25, 0.3) is 0 Å². The standard InChI is InChI=1S/C28H42O4/c1-2-3-4-5-6-7-8-9-10-11-12-13-14-15-19-22-27(29)30-23-26-24-31-28(32-26)25-20-17-16-18-21-25/h6-7,9-10,16-18,20-21,26,28H,2-5,8,11-15,19,22-24H2,1H3/b7-6+,10-9+. The van der Waals surface area contributed by atoms with Gasteiger partial charge in [0, 0.05) is 12.0 Å². The second kappa shape index (κ2) is 17.6. The highest BCUT2D eigenvalue weighted by Gasteiger charge is 2.28. The molecule has 1 saturated heterocycles. The molecule has 0 saturated carbocycles. The van der Waals surface area contributed by atoms with Crippen molar-refractivity contribution in [3.05, 3.63) is 60.2 Å². The lowest BCUT2D eigenvalue weighted by molar-refractivity contribution is -0.148. The Hall–Kier alpha value is -1.91. The summed E-state index contributed by atoms with van der Waals surface area (Å²) in [6.45, 7) is 2.96. The molecule has 2 unspecified atom stereocenters. The van der Waals surface area contributed by atoms with Gasteiger partial charge in [0.2, 0.25) is 0 Å². The molecule has 4 nitrogen and oxygen atoms in total. The normalized spacial score (nSPS) is 18.7. The maximum Gasteiger partial charge on any atom is 0.305 e. The van der Waals surface area contributed by atoms with Gasteiger partial charge >= 0.3 is 5.97 Å². The molecular formula is C28H42O4. The van der Waals surface area contributed by atoms with E-state index < -0.39 is 0 Å². The third-order valence-electron chi connectivity index (χ3n) is 5.58. The van der Waals surface area contributed by atoms with Crippen molar-refractivity contribution in [2.45, 2.75) is 96.4 Å². The Kier molecular flexibility index (Phi) is 14.5. The van der Waals surface area contributed by atoms with Gasteiger partial charge in [-0.2, -0.15) is 0 Å². The predicted molar refractivity (Wildman–Crippen MR) is 130 cm³/mol. The summed E-state index contributed by atoms with van der Waals surface area (Å²) in [7, 11) is 0. The summed E-state index contributed by atoms with van der Waals surface area (Å²) >= 11 is 0. The maximum absolute atomic E-state index is 12.0. The molecule has 0 radical (unpaired) electrons. The van der Waals surface area contributed by atoms with Crippen LogP contribution in [0.15, 0.2) is 54.6 Å². The average Bonchev–Trinajstić information content (AvgIpc) is 3.30. The first-order valence-electron chi connectivity index (χ1n) is 12.6. The van der Waals surface area contributed by atoms with Gasteiger partial charge in [-0.3, -0.25) is 4.79 Å². The monoisotopic (exact) mass is 442 g/mol. The molecule has 4 heteroatoms. The highest BCUT2D eigenvalue weighted by Crippen LogP contribution is 2.26. The van der Waals surface area contributed by atoms with E-state index in [2.05, 4.69) is 31.2 Å². The number of benzene rings is 1. The molecule has 0 amide bonds. The number of rotatable bonds is 17. The van der Waals surface area contributed by atoms with Gasteiger partial charge in [0.25, 0.3) is 0 Å². The molecule has 1 fully saturated rings. The van der Waals surface area contributed by atoms with Crippen molar-refractivity contribution < 1.29 is 19.0 Å². The van der Waals surface area contributed by atoms with Gasteiger partial charge in [-0.25, -0.2) is 0 Å². The summed E-state index contributed by atoms with van der Waals surface area (Å²) in [5, 5.41) is 0. The van der Waals surface area contributed by atoms with Crippen molar-refractivity contribution in [1.29, 1.82) is 0 Å². The first-order chi connectivity index (χ1) is 15.8. The Bertz CT molecular complexity index is 653. The van der Waals surface area contributed by atoms with Gasteiger partial charge in [0.05, 0.1) is 6.61 Å². The lowest BCUT2D eigenvalue weighted by Gasteiger charge is -2.12. The summed E-state index contributed by atoms with van der Waals surface area (Å²) in [5.74, 6) is -0.137. The summed E-state index contributed by atoms with van der Waals surface area (Å²) in [6, 6.07) is 9.83. The van der Waals surface area contributed by atoms with Gasteiger partial charge in [0.1, 0.15) is 12.7 Å². The van der Waals surface area contributed by atoms with Crippen molar-refractivity contribution in [3.63, 3.8) is 0 Å². The lowest BCUT2D eigenvalue weighted by atomic mass is 10.1. The zero-order chi connectivity index (χ0) is 22.7. The predicted octanol–water partition coefficient (Wildman–Crippen LogP) is 7.46. The van der Waals surface area contributed by atoms with E-state index in [1.165, 1.54) is 44.9 Å². The number of esters is 1. The van der Waals surface area contributed by atoms with Crippen LogP contribution in [0.5, 0.6) is 0 Å². The molecule has 0 spiro atoms. The summed E-state index contributed by atoms with van der Waals surface area (Å²) in [4.78, 5) is 12.0. The second-order valence-electron chi connectivity index (χ2n) is 8.50. The SMILES string of the molecule is CCCCC/C=C/C/C=C/CCCCCCCC(=O)OCC1COC(c2ccccc2)O1. The number of carbonyl (C=O) groups excluding carboxylic acids is 1. The van der Waals surface area contributed by atoms with Crippen LogP contribution >= 0.6 is 0 Å². The molecule has 1 aliphatic heterocycles. The molecule has 32 heavy (non-hydrogen) atoms. The second-order valence-corrected chi connectivity index (χ2v) is 8.50. The van der Waals surface area contributed by atoms with Crippen LogP contribution in [0.4, 0.5) is 0 Å². The quantitative estimate of drug-likeness (QED) is 0.143. The highest BCUT2D eigenvalue weighted by molar-refractivity contribution is 5.69. The van der Waals surface area contributed by atoms with Crippen LogP contribution in [0.3, 0.4) is 0 Å². The van der Waals surface area contributed by atoms with Gasteiger partial charge in [0.15, 0.2) is 6.29 Å². The first kappa shape index (κ1) is 26.3. The molecular weight excluding hydrogens is 400 g/mol. The minimum Gasteiger partial charge on any atom is -0.463 e. The lowest BCUT2D eigenvalue weighted by Crippen LogP contribution is -2.20. The molecule has 1 aliphatic rings. The maximum atomic E-state index is 12.0. The number of carbonyl (C=O) groups is 1. The molecule has 2 rings (SSSR count). The van der Waals surface area contributed by atoms with E-state index in [0.29, 0.717) is 13.0 Å². The number of ether oxygens (including phenoxy) is 3. The van der Waals surface area contributed by atoms with Crippen molar-refractivity contribution >= 4 is 5.97 Å². The molecule has 0 bridgehead atoms. The fraction of sp³-hybridized carbons (Fsp3) is 0.607. The molecule has 1 heterocycles. The molecule has 0 aliphatic carbocycles. The van der Waals surface area contributed by atoms with E-state index in [-0.39, 0.29) is 25.0 Å². The van der Waals surface area contributed by atoms with Crippen molar-refractivity contribution in [2.24, 2.45) is 0 Å². The largest absolute Gasteiger partial charge is 0.463 e. The van der Waals surface area contributed by atoms with Gasteiger partial charge in [-0.05, 0) is 38.5 Å². The highest BCUT2D eigenvalue weighted by atomic mass is 16.7. The van der Waals surface area contributed by atoms with Gasteiger partial charge in [-0.1, -0.05) is 93.7 Å².